The lowest BCUT2D eigenvalue weighted by atomic mass is 10.1. The van der Waals surface area contributed by atoms with Gasteiger partial charge in [0.25, 0.3) is 0 Å². The van der Waals surface area contributed by atoms with Crippen LogP contribution in [0.2, 0.25) is 0 Å². The second-order valence-corrected chi connectivity index (χ2v) is 6.09. The molecular weight excluding hydrogens is 455 g/mol. The van der Waals surface area contributed by atoms with Crippen LogP contribution < -0.4 is 15.4 Å². The predicted molar refractivity (Wildman–Crippen MR) is 120 cm³/mol. The third-order valence-corrected chi connectivity index (χ3v) is 4.26. The minimum Gasteiger partial charge on any atom is -0.496 e. The Hall–Kier alpha value is -1.77. The summed E-state index contributed by atoms with van der Waals surface area (Å²) in [5.74, 6) is 2.62. The average Bonchev–Trinajstić information content (AvgIpc) is 3.06. The standard InChI is InChI=1S/C20H30N4O2.HI/c1-6-17-16(18(7-2)26-24-17)13-23-20(21-8-3)22-12-15-9-10-19(25-5)14(4)11-15;/h9-11H,6-8,12-13H2,1-5H3,(H2,21,22,23);1H. The zero-order valence-electron chi connectivity index (χ0n) is 16.9. The van der Waals surface area contributed by atoms with Gasteiger partial charge in [0.2, 0.25) is 0 Å². The van der Waals surface area contributed by atoms with Gasteiger partial charge in [0, 0.05) is 25.1 Å². The molecule has 0 aliphatic carbocycles. The maximum atomic E-state index is 5.43. The van der Waals surface area contributed by atoms with Crippen molar-refractivity contribution in [3.63, 3.8) is 0 Å². The van der Waals surface area contributed by atoms with E-state index >= 15 is 0 Å². The molecule has 6 nitrogen and oxygen atoms in total. The quantitative estimate of drug-likeness (QED) is 0.336. The van der Waals surface area contributed by atoms with E-state index in [0.717, 1.165) is 59.2 Å². The Morgan fingerprint density at radius 3 is 2.56 bits per heavy atom. The third kappa shape index (κ3) is 6.41. The molecule has 7 heteroatoms. The number of halogens is 1. The number of nitrogens with one attached hydrogen (secondary N) is 2. The topological polar surface area (TPSA) is 71.7 Å². The van der Waals surface area contributed by atoms with E-state index in [9.17, 15) is 0 Å². The number of ether oxygens (including phenoxy) is 1. The molecule has 0 atom stereocenters. The molecule has 150 valence electrons. The molecular formula is C20H31IN4O2. The van der Waals surface area contributed by atoms with Crippen LogP contribution in [0.3, 0.4) is 0 Å². The summed E-state index contributed by atoms with van der Waals surface area (Å²) < 4.78 is 10.7. The van der Waals surface area contributed by atoms with Crippen molar-refractivity contribution in [2.24, 2.45) is 4.99 Å². The van der Waals surface area contributed by atoms with E-state index in [1.54, 1.807) is 7.11 Å². The summed E-state index contributed by atoms with van der Waals surface area (Å²) in [7, 11) is 1.69. The van der Waals surface area contributed by atoms with E-state index in [2.05, 4.69) is 42.6 Å². The highest BCUT2D eigenvalue weighted by atomic mass is 127. The van der Waals surface area contributed by atoms with Crippen LogP contribution in [-0.2, 0) is 25.9 Å². The first-order valence-corrected chi connectivity index (χ1v) is 9.24. The molecule has 2 rings (SSSR count). The molecule has 0 saturated heterocycles. The van der Waals surface area contributed by atoms with Crippen molar-refractivity contribution < 1.29 is 9.26 Å². The van der Waals surface area contributed by atoms with Crippen molar-refractivity contribution in [2.75, 3.05) is 13.7 Å². The molecule has 0 fully saturated rings. The Kier molecular flexibility index (Phi) is 10.2. The minimum atomic E-state index is 0. The van der Waals surface area contributed by atoms with Gasteiger partial charge in [-0.3, -0.25) is 0 Å². The fourth-order valence-electron chi connectivity index (χ4n) is 2.86. The number of benzene rings is 1. The van der Waals surface area contributed by atoms with Gasteiger partial charge in [-0.15, -0.1) is 24.0 Å². The minimum absolute atomic E-state index is 0. The van der Waals surface area contributed by atoms with Gasteiger partial charge in [-0.05, 0) is 37.5 Å². The van der Waals surface area contributed by atoms with E-state index < -0.39 is 0 Å². The number of aryl methyl sites for hydroxylation is 3. The van der Waals surface area contributed by atoms with Crippen molar-refractivity contribution in [3.8, 4) is 5.75 Å². The molecule has 0 aliphatic rings. The predicted octanol–water partition coefficient (Wildman–Crippen LogP) is 3.99. The van der Waals surface area contributed by atoms with E-state index in [0.29, 0.717) is 13.1 Å². The second kappa shape index (κ2) is 11.8. The maximum Gasteiger partial charge on any atom is 0.191 e. The zero-order chi connectivity index (χ0) is 18.9. The van der Waals surface area contributed by atoms with Crippen LogP contribution in [0.1, 0.15) is 48.9 Å². The summed E-state index contributed by atoms with van der Waals surface area (Å²) in [5, 5.41) is 10.8. The number of hydrogen-bond donors (Lipinski definition) is 2. The fourth-order valence-corrected chi connectivity index (χ4v) is 2.86. The summed E-state index contributed by atoms with van der Waals surface area (Å²) in [6.07, 6.45) is 1.70. The largest absolute Gasteiger partial charge is 0.496 e. The first-order chi connectivity index (χ1) is 12.6. The molecule has 0 saturated carbocycles. The van der Waals surface area contributed by atoms with Crippen LogP contribution >= 0.6 is 24.0 Å². The fraction of sp³-hybridized carbons (Fsp3) is 0.500. The first kappa shape index (κ1) is 23.3. The van der Waals surface area contributed by atoms with Crippen LogP contribution in [0.4, 0.5) is 0 Å². The lowest BCUT2D eigenvalue weighted by molar-refractivity contribution is 0.380. The van der Waals surface area contributed by atoms with E-state index in [1.165, 1.54) is 0 Å². The third-order valence-electron chi connectivity index (χ3n) is 4.26. The van der Waals surface area contributed by atoms with Crippen molar-refractivity contribution >= 4 is 29.9 Å². The Labute approximate surface area is 179 Å². The molecule has 1 aromatic carbocycles. The molecule has 2 aromatic rings. The number of nitrogens with zero attached hydrogens (tertiary/aromatic N) is 2. The molecule has 27 heavy (non-hydrogen) atoms. The lowest BCUT2D eigenvalue weighted by Gasteiger charge is -2.12. The van der Waals surface area contributed by atoms with Crippen LogP contribution in [0.25, 0.3) is 0 Å². The number of rotatable bonds is 8. The van der Waals surface area contributed by atoms with Gasteiger partial charge in [0.05, 0.1) is 19.3 Å². The van der Waals surface area contributed by atoms with Crippen molar-refractivity contribution in [1.82, 2.24) is 15.8 Å². The van der Waals surface area contributed by atoms with Crippen molar-refractivity contribution in [2.45, 2.75) is 53.6 Å². The Balaban J connectivity index is 0.00000364. The number of guanidine groups is 1. The van der Waals surface area contributed by atoms with Crippen LogP contribution in [0.5, 0.6) is 5.75 Å². The number of aliphatic imine (C=N–C) groups is 1. The maximum absolute atomic E-state index is 5.43. The van der Waals surface area contributed by atoms with Crippen LogP contribution in [-0.4, -0.2) is 24.8 Å². The normalized spacial score (nSPS) is 11.1. The molecule has 0 bridgehead atoms. The van der Waals surface area contributed by atoms with Gasteiger partial charge < -0.3 is 19.9 Å². The Bertz CT molecular complexity index is 722. The highest BCUT2D eigenvalue weighted by Crippen LogP contribution is 2.19. The molecule has 1 aromatic heterocycles. The van der Waals surface area contributed by atoms with Crippen LogP contribution in [0, 0.1) is 6.92 Å². The molecule has 0 spiro atoms. The van der Waals surface area contributed by atoms with Crippen molar-refractivity contribution in [1.29, 1.82) is 0 Å². The van der Waals surface area contributed by atoms with E-state index in [1.807, 2.05) is 19.1 Å². The zero-order valence-corrected chi connectivity index (χ0v) is 19.2. The molecule has 1 heterocycles. The van der Waals surface area contributed by atoms with Gasteiger partial charge in [-0.25, -0.2) is 4.99 Å². The molecule has 0 aliphatic heterocycles. The summed E-state index contributed by atoms with van der Waals surface area (Å²) in [5.41, 5.74) is 4.41. The molecule has 0 unspecified atom stereocenters. The van der Waals surface area contributed by atoms with Gasteiger partial charge >= 0.3 is 0 Å². The number of aromatic nitrogens is 1. The van der Waals surface area contributed by atoms with Gasteiger partial charge in [0.1, 0.15) is 11.5 Å². The summed E-state index contributed by atoms with van der Waals surface area (Å²) in [6.45, 7) is 10.3. The summed E-state index contributed by atoms with van der Waals surface area (Å²) in [6, 6.07) is 6.14. The van der Waals surface area contributed by atoms with Crippen LogP contribution in [0.15, 0.2) is 27.7 Å². The summed E-state index contributed by atoms with van der Waals surface area (Å²) in [4.78, 5) is 4.69. The van der Waals surface area contributed by atoms with E-state index in [-0.39, 0.29) is 24.0 Å². The SMILES string of the molecule is CCNC(=NCc1ccc(OC)c(C)c1)NCc1c(CC)noc1CC.I. The molecule has 0 radical (unpaired) electrons. The van der Waals surface area contributed by atoms with Gasteiger partial charge in [-0.2, -0.15) is 0 Å². The lowest BCUT2D eigenvalue weighted by Crippen LogP contribution is -2.37. The van der Waals surface area contributed by atoms with Gasteiger partial charge in [-0.1, -0.05) is 31.1 Å². The molecule has 0 amide bonds. The Morgan fingerprint density at radius 2 is 1.96 bits per heavy atom. The highest BCUT2D eigenvalue weighted by Gasteiger charge is 2.13. The highest BCUT2D eigenvalue weighted by molar-refractivity contribution is 14.0. The molecule has 2 N–H and O–H groups in total. The number of methoxy groups -OCH3 is 1. The second-order valence-electron chi connectivity index (χ2n) is 6.09. The average molecular weight is 486 g/mol. The summed E-state index contributed by atoms with van der Waals surface area (Å²) >= 11 is 0. The number of hydrogen-bond acceptors (Lipinski definition) is 4. The smallest absolute Gasteiger partial charge is 0.191 e. The van der Waals surface area contributed by atoms with Crippen molar-refractivity contribution in [3.05, 3.63) is 46.3 Å². The van der Waals surface area contributed by atoms with Gasteiger partial charge in [0.15, 0.2) is 5.96 Å². The monoisotopic (exact) mass is 486 g/mol. The van der Waals surface area contributed by atoms with E-state index in [4.69, 9.17) is 14.3 Å². The Morgan fingerprint density at radius 1 is 1.19 bits per heavy atom. The first-order valence-electron chi connectivity index (χ1n) is 9.24.